The van der Waals surface area contributed by atoms with Crippen molar-refractivity contribution >= 4 is 9.84 Å². The summed E-state index contributed by atoms with van der Waals surface area (Å²) in [5, 5.41) is 2.73. The summed E-state index contributed by atoms with van der Waals surface area (Å²) in [6, 6.07) is 0. The van der Waals surface area contributed by atoms with Crippen LogP contribution in [0.4, 0.5) is 0 Å². The topological polar surface area (TPSA) is 46.2 Å². The maximum absolute atomic E-state index is 12.3. The van der Waals surface area contributed by atoms with Crippen LogP contribution in [0.1, 0.15) is 45.4 Å². The van der Waals surface area contributed by atoms with Gasteiger partial charge in [0.15, 0.2) is 9.84 Å². The average molecular weight is 233 g/mol. The standard InChI is InChI=1S/C11H23NO2S/c1-3-10(9-12-2)15(13,14)11-7-5-4-6-8-11/h10-12H,3-9H2,1-2H3. The Hall–Kier alpha value is -0.0900. The van der Waals surface area contributed by atoms with Crippen LogP contribution >= 0.6 is 0 Å². The van der Waals surface area contributed by atoms with Crippen LogP contribution in [-0.2, 0) is 9.84 Å². The van der Waals surface area contributed by atoms with E-state index in [-0.39, 0.29) is 10.5 Å². The molecule has 0 saturated heterocycles. The number of sulfone groups is 1. The van der Waals surface area contributed by atoms with Crippen molar-refractivity contribution in [1.82, 2.24) is 5.32 Å². The molecule has 1 aliphatic carbocycles. The third-order valence-corrected chi connectivity index (χ3v) is 6.20. The van der Waals surface area contributed by atoms with E-state index >= 15 is 0 Å². The van der Waals surface area contributed by atoms with Gasteiger partial charge in [-0.3, -0.25) is 0 Å². The second-order valence-electron chi connectivity index (χ2n) is 4.44. The largest absolute Gasteiger partial charge is 0.318 e. The van der Waals surface area contributed by atoms with Crippen molar-refractivity contribution in [3.8, 4) is 0 Å². The van der Waals surface area contributed by atoms with Gasteiger partial charge in [-0.25, -0.2) is 8.42 Å². The average Bonchev–Trinajstić information content (AvgIpc) is 2.27. The minimum absolute atomic E-state index is 0.0652. The molecule has 1 rings (SSSR count). The van der Waals surface area contributed by atoms with Crippen LogP contribution in [0.2, 0.25) is 0 Å². The van der Waals surface area contributed by atoms with E-state index in [1.165, 1.54) is 6.42 Å². The summed E-state index contributed by atoms with van der Waals surface area (Å²) in [6.45, 7) is 2.55. The van der Waals surface area contributed by atoms with Gasteiger partial charge in [-0.1, -0.05) is 26.2 Å². The highest BCUT2D eigenvalue weighted by molar-refractivity contribution is 7.92. The quantitative estimate of drug-likeness (QED) is 0.786. The zero-order valence-electron chi connectivity index (χ0n) is 9.83. The molecule has 15 heavy (non-hydrogen) atoms. The van der Waals surface area contributed by atoms with Crippen molar-refractivity contribution in [2.24, 2.45) is 0 Å². The summed E-state index contributed by atoms with van der Waals surface area (Å²) in [6.07, 6.45) is 5.85. The molecular weight excluding hydrogens is 210 g/mol. The van der Waals surface area contributed by atoms with Gasteiger partial charge in [0.1, 0.15) is 0 Å². The first-order chi connectivity index (χ1) is 7.12. The molecule has 1 aliphatic rings. The minimum Gasteiger partial charge on any atom is -0.318 e. The van der Waals surface area contributed by atoms with Crippen molar-refractivity contribution in [3.05, 3.63) is 0 Å². The molecule has 4 heteroatoms. The van der Waals surface area contributed by atoms with Gasteiger partial charge in [0.2, 0.25) is 0 Å². The molecule has 90 valence electrons. The summed E-state index contributed by atoms with van der Waals surface area (Å²) >= 11 is 0. The molecule has 0 amide bonds. The number of hydrogen-bond acceptors (Lipinski definition) is 3. The zero-order valence-corrected chi connectivity index (χ0v) is 10.6. The summed E-state index contributed by atoms with van der Waals surface area (Å²) < 4.78 is 24.5. The lowest BCUT2D eigenvalue weighted by molar-refractivity contribution is 0.474. The first-order valence-corrected chi connectivity index (χ1v) is 7.61. The Balaban J connectivity index is 2.69. The van der Waals surface area contributed by atoms with Gasteiger partial charge in [-0.05, 0) is 26.3 Å². The summed E-state index contributed by atoms with van der Waals surface area (Å²) in [5.74, 6) is 0. The van der Waals surface area contributed by atoms with E-state index in [2.05, 4.69) is 5.32 Å². The third kappa shape index (κ3) is 3.18. The lowest BCUT2D eigenvalue weighted by Gasteiger charge is -2.26. The first-order valence-electron chi connectivity index (χ1n) is 6.00. The summed E-state index contributed by atoms with van der Waals surface area (Å²) in [7, 11) is -1.08. The van der Waals surface area contributed by atoms with Crippen molar-refractivity contribution in [2.75, 3.05) is 13.6 Å². The van der Waals surface area contributed by atoms with E-state index < -0.39 is 9.84 Å². The molecule has 1 fully saturated rings. The Morgan fingerprint density at radius 2 is 1.87 bits per heavy atom. The lowest BCUT2D eigenvalue weighted by atomic mass is 10.0. The predicted octanol–water partition coefficient (Wildman–Crippen LogP) is 1.73. The molecule has 0 radical (unpaired) electrons. The smallest absolute Gasteiger partial charge is 0.157 e. The van der Waals surface area contributed by atoms with E-state index in [0.29, 0.717) is 6.54 Å². The molecule has 0 aromatic rings. The SMILES string of the molecule is CCC(CNC)S(=O)(=O)C1CCCCC1. The van der Waals surface area contributed by atoms with Gasteiger partial charge in [0, 0.05) is 6.54 Å². The summed E-state index contributed by atoms with van der Waals surface area (Å²) in [5.41, 5.74) is 0. The third-order valence-electron chi connectivity index (χ3n) is 3.37. The molecule has 1 N–H and O–H groups in total. The highest BCUT2D eigenvalue weighted by Gasteiger charge is 2.33. The van der Waals surface area contributed by atoms with Gasteiger partial charge in [-0.15, -0.1) is 0 Å². The Bertz CT molecular complexity index is 258. The molecule has 0 aromatic carbocycles. The Morgan fingerprint density at radius 3 is 2.33 bits per heavy atom. The van der Waals surface area contributed by atoms with Gasteiger partial charge >= 0.3 is 0 Å². The monoisotopic (exact) mass is 233 g/mol. The predicted molar refractivity (Wildman–Crippen MR) is 63.8 cm³/mol. The number of rotatable bonds is 5. The summed E-state index contributed by atoms with van der Waals surface area (Å²) in [4.78, 5) is 0. The fraction of sp³-hybridized carbons (Fsp3) is 1.00. The highest BCUT2D eigenvalue weighted by atomic mass is 32.2. The van der Waals surface area contributed by atoms with Crippen molar-refractivity contribution in [2.45, 2.75) is 55.9 Å². The molecule has 0 bridgehead atoms. The van der Waals surface area contributed by atoms with Gasteiger partial charge in [-0.2, -0.15) is 0 Å². The zero-order chi connectivity index (χ0) is 11.3. The van der Waals surface area contributed by atoms with Crippen LogP contribution in [0.15, 0.2) is 0 Å². The Morgan fingerprint density at radius 1 is 1.27 bits per heavy atom. The Labute approximate surface area is 93.6 Å². The van der Waals surface area contributed by atoms with Crippen LogP contribution in [0, 0.1) is 0 Å². The van der Waals surface area contributed by atoms with E-state index in [1.807, 2.05) is 14.0 Å². The van der Waals surface area contributed by atoms with E-state index in [0.717, 1.165) is 32.1 Å². The van der Waals surface area contributed by atoms with Gasteiger partial charge in [0.05, 0.1) is 10.5 Å². The lowest BCUT2D eigenvalue weighted by Crippen LogP contribution is -2.38. The van der Waals surface area contributed by atoms with Crippen LogP contribution in [-0.4, -0.2) is 32.5 Å². The van der Waals surface area contributed by atoms with Gasteiger partial charge in [0.25, 0.3) is 0 Å². The molecule has 0 aromatic heterocycles. The van der Waals surface area contributed by atoms with Crippen molar-refractivity contribution in [3.63, 3.8) is 0 Å². The molecule has 1 atom stereocenters. The van der Waals surface area contributed by atoms with E-state index in [9.17, 15) is 8.42 Å². The van der Waals surface area contributed by atoms with E-state index in [1.54, 1.807) is 0 Å². The van der Waals surface area contributed by atoms with Crippen LogP contribution < -0.4 is 5.32 Å². The highest BCUT2D eigenvalue weighted by Crippen LogP contribution is 2.27. The Kier molecular flexibility index (Phi) is 5.06. The molecule has 3 nitrogen and oxygen atoms in total. The molecular formula is C11H23NO2S. The first kappa shape index (κ1) is 13.0. The number of hydrogen-bond donors (Lipinski definition) is 1. The number of nitrogens with one attached hydrogen (secondary N) is 1. The maximum atomic E-state index is 12.3. The van der Waals surface area contributed by atoms with E-state index in [4.69, 9.17) is 0 Å². The second kappa shape index (κ2) is 5.85. The van der Waals surface area contributed by atoms with Gasteiger partial charge < -0.3 is 5.32 Å². The van der Waals surface area contributed by atoms with Crippen LogP contribution in [0.25, 0.3) is 0 Å². The molecule has 0 heterocycles. The minimum atomic E-state index is -2.90. The normalized spacial score (nSPS) is 21.5. The van der Waals surface area contributed by atoms with Crippen molar-refractivity contribution in [1.29, 1.82) is 0 Å². The fourth-order valence-electron chi connectivity index (χ4n) is 2.39. The molecule has 0 aliphatic heterocycles. The molecule has 1 saturated carbocycles. The molecule has 0 spiro atoms. The van der Waals surface area contributed by atoms with Crippen LogP contribution in [0.5, 0.6) is 0 Å². The fourth-order valence-corrected chi connectivity index (χ4v) is 4.78. The molecule has 1 unspecified atom stereocenters. The van der Waals surface area contributed by atoms with Crippen LogP contribution in [0.3, 0.4) is 0 Å². The van der Waals surface area contributed by atoms with Crippen molar-refractivity contribution < 1.29 is 8.42 Å². The second-order valence-corrected chi connectivity index (χ2v) is 6.95. The maximum Gasteiger partial charge on any atom is 0.157 e.